The van der Waals surface area contributed by atoms with Crippen LogP contribution >= 0.6 is 0 Å². The molecule has 0 fully saturated rings. The zero-order valence-corrected chi connectivity index (χ0v) is 18.6. The van der Waals surface area contributed by atoms with Gasteiger partial charge in [-0.2, -0.15) is 0 Å². The first-order valence-corrected chi connectivity index (χ1v) is 11.7. The third kappa shape index (κ3) is 4.30. The van der Waals surface area contributed by atoms with E-state index in [2.05, 4.69) is 15.3 Å². The molecule has 2 N–H and O–H groups in total. The van der Waals surface area contributed by atoms with E-state index in [1.165, 1.54) is 6.26 Å². The summed E-state index contributed by atoms with van der Waals surface area (Å²) in [7, 11) is -3.21. The van der Waals surface area contributed by atoms with E-state index in [4.69, 9.17) is 0 Å². The smallest absolute Gasteiger partial charge is 0.254 e. The highest BCUT2D eigenvalue weighted by molar-refractivity contribution is 7.90. The lowest BCUT2D eigenvalue weighted by molar-refractivity contribution is 0.0951. The van der Waals surface area contributed by atoms with E-state index in [1.807, 2.05) is 13.0 Å². The summed E-state index contributed by atoms with van der Waals surface area (Å²) in [5.74, 6) is -0.400. The molecule has 1 amide bonds. The number of fused-ring (bicyclic) bond motifs is 1. The minimum absolute atomic E-state index is 0.0623. The number of aromatic nitrogens is 3. The van der Waals surface area contributed by atoms with Crippen LogP contribution in [-0.4, -0.2) is 40.9 Å². The molecule has 3 aromatic heterocycles. The van der Waals surface area contributed by atoms with Crippen molar-refractivity contribution >= 4 is 26.8 Å². The summed E-state index contributed by atoms with van der Waals surface area (Å²) in [5, 5.41) is 3.47. The Balaban J connectivity index is 1.99. The molecule has 0 spiro atoms. The van der Waals surface area contributed by atoms with Gasteiger partial charge in [0.05, 0.1) is 11.3 Å². The second kappa shape index (κ2) is 8.06. The first kappa shape index (κ1) is 21.8. The van der Waals surface area contributed by atoms with Gasteiger partial charge in [-0.15, -0.1) is 0 Å². The molecule has 0 saturated carbocycles. The monoisotopic (exact) mass is 430 g/mol. The van der Waals surface area contributed by atoms with Crippen molar-refractivity contribution in [3.8, 4) is 0 Å². The summed E-state index contributed by atoms with van der Waals surface area (Å²) >= 11 is 0. The minimum Gasteiger partial charge on any atom is -0.348 e. The first-order valence-electron chi connectivity index (χ1n) is 9.60. The number of sulfone groups is 1. The molecule has 3 rings (SSSR count). The third-order valence-electron chi connectivity index (χ3n) is 5.14. The van der Waals surface area contributed by atoms with Crippen molar-refractivity contribution in [2.45, 2.75) is 40.3 Å². The summed E-state index contributed by atoms with van der Waals surface area (Å²) in [6.07, 6.45) is 2.80. The van der Waals surface area contributed by atoms with Crippen molar-refractivity contribution < 1.29 is 13.2 Å². The molecule has 9 heteroatoms. The molecule has 30 heavy (non-hydrogen) atoms. The Morgan fingerprint density at radius 3 is 2.63 bits per heavy atom. The largest absolute Gasteiger partial charge is 0.348 e. The van der Waals surface area contributed by atoms with Crippen LogP contribution in [-0.2, 0) is 16.4 Å². The summed E-state index contributed by atoms with van der Waals surface area (Å²) < 4.78 is 25.4. The first-order chi connectivity index (χ1) is 14.0. The lowest BCUT2D eigenvalue weighted by Crippen LogP contribution is -2.28. The summed E-state index contributed by atoms with van der Waals surface area (Å²) in [6.45, 7) is 7.29. The lowest BCUT2D eigenvalue weighted by atomic mass is 10.1. The average molecular weight is 431 g/mol. The van der Waals surface area contributed by atoms with Gasteiger partial charge in [0.25, 0.3) is 11.5 Å². The molecular formula is C21H26N4O4S. The molecule has 8 nitrogen and oxygen atoms in total. The van der Waals surface area contributed by atoms with Gasteiger partial charge in [0.2, 0.25) is 0 Å². The van der Waals surface area contributed by atoms with Gasteiger partial charge in [0.15, 0.2) is 0 Å². The van der Waals surface area contributed by atoms with Crippen LogP contribution in [0.25, 0.3) is 11.0 Å². The number of aryl methyl sites for hydroxylation is 2. The second-order valence-electron chi connectivity index (χ2n) is 7.77. The fourth-order valence-corrected chi connectivity index (χ4v) is 4.98. The Morgan fingerprint density at radius 2 is 2.00 bits per heavy atom. The minimum atomic E-state index is -3.21. The maximum Gasteiger partial charge on any atom is 0.254 e. The van der Waals surface area contributed by atoms with Crippen molar-refractivity contribution in [2.75, 3.05) is 12.0 Å². The number of nitrogens with zero attached hydrogens (tertiary/aromatic N) is 2. The van der Waals surface area contributed by atoms with Gasteiger partial charge < -0.3 is 14.9 Å². The van der Waals surface area contributed by atoms with Crippen LogP contribution in [0.3, 0.4) is 0 Å². The zero-order chi connectivity index (χ0) is 22.2. The van der Waals surface area contributed by atoms with Gasteiger partial charge in [-0.3, -0.25) is 9.59 Å². The molecule has 1 atom stereocenters. The second-order valence-corrected chi connectivity index (χ2v) is 9.96. The van der Waals surface area contributed by atoms with E-state index in [1.54, 1.807) is 43.7 Å². The molecule has 0 aliphatic rings. The number of rotatable bonds is 6. The number of carbonyl (C=O) groups is 1. The zero-order valence-electron chi connectivity index (χ0n) is 17.7. The summed E-state index contributed by atoms with van der Waals surface area (Å²) in [4.78, 5) is 32.5. The highest BCUT2D eigenvalue weighted by atomic mass is 32.2. The van der Waals surface area contributed by atoms with Gasteiger partial charge in [-0.05, 0) is 51.5 Å². The van der Waals surface area contributed by atoms with Gasteiger partial charge in [-0.1, -0.05) is 0 Å². The molecule has 3 aromatic rings. The Kier molecular flexibility index (Phi) is 5.85. The normalized spacial score (nSPS) is 12.8. The Bertz CT molecular complexity index is 1290. The van der Waals surface area contributed by atoms with Gasteiger partial charge >= 0.3 is 0 Å². The van der Waals surface area contributed by atoms with E-state index in [0.717, 1.165) is 11.3 Å². The Labute approximate surface area is 175 Å². The molecule has 0 aliphatic heterocycles. The van der Waals surface area contributed by atoms with Crippen LogP contribution in [0, 0.1) is 20.8 Å². The van der Waals surface area contributed by atoms with Crippen LogP contribution in [0.2, 0.25) is 0 Å². The molecular weight excluding hydrogens is 404 g/mol. The van der Waals surface area contributed by atoms with E-state index >= 15 is 0 Å². The summed E-state index contributed by atoms with van der Waals surface area (Å²) in [6, 6.07) is 4.99. The van der Waals surface area contributed by atoms with Crippen molar-refractivity contribution in [3.63, 3.8) is 0 Å². The SMILES string of the molecule is Cc1cc(C)c(CNC(=O)c2c(C)n(C(C)CS(C)(=O)=O)c3ncccc23)c(=O)[nH]1. The Hall–Kier alpha value is -2.94. The number of pyridine rings is 2. The van der Waals surface area contributed by atoms with Crippen LogP contribution < -0.4 is 10.9 Å². The quantitative estimate of drug-likeness (QED) is 0.622. The number of carbonyl (C=O) groups excluding carboxylic acids is 1. The lowest BCUT2D eigenvalue weighted by Gasteiger charge is -2.16. The van der Waals surface area contributed by atoms with Crippen molar-refractivity contribution in [1.82, 2.24) is 19.9 Å². The number of H-pyrrole nitrogens is 1. The van der Waals surface area contributed by atoms with Gasteiger partial charge in [-0.25, -0.2) is 13.4 Å². The molecule has 160 valence electrons. The van der Waals surface area contributed by atoms with E-state index in [9.17, 15) is 18.0 Å². The molecule has 0 aliphatic carbocycles. The predicted molar refractivity (Wildman–Crippen MR) is 117 cm³/mol. The number of amides is 1. The topological polar surface area (TPSA) is 114 Å². The van der Waals surface area contributed by atoms with Crippen LogP contribution in [0.5, 0.6) is 0 Å². The molecule has 0 saturated heterocycles. The molecule has 0 aromatic carbocycles. The number of hydrogen-bond donors (Lipinski definition) is 2. The van der Waals surface area contributed by atoms with Crippen molar-refractivity contribution in [2.24, 2.45) is 0 Å². The van der Waals surface area contributed by atoms with E-state index in [0.29, 0.717) is 27.9 Å². The highest BCUT2D eigenvalue weighted by Gasteiger charge is 2.25. The fourth-order valence-electron chi connectivity index (χ4n) is 3.96. The van der Waals surface area contributed by atoms with E-state index < -0.39 is 9.84 Å². The third-order valence-corrected chi connectivity index (χ3v) is 6.23. The summed E-state index contributed by atoms with van der Waals surface area (Å²) in [5.41, 5.74) is 3.46. The molecule has 3 heterocycles. The van der Waals surface area contributed by atoms with Crippen molar-refractivity contribution in [3.05, 3.63) is 62.8 Å². The van der Waals surface area contributed by atoms with Crippen LogP contribution in [0.4, 0.5) is 0 Å². The molecule has 0 bridgehead atoms. The Morgan fingerprint density at radius 1 is 1.30 bits per heavy atom. The fraction of sp³-hybridized carbons (Fsp3) is 0.381. The van der Waals surface area contributed by atoms with Crippen molar-refractivity contribution in [1.29, 1.82) is 0 Å². The number of aromatic amines is 1. The highest BCUT2D eigenvalue weighted by Crippen LogP contribution is 2.28. The van der Waals surface area contributed by atoms with Crippen LogP contribution in [0.15, 0.2) is 29.2 Å². The number of nitrogens with one attached hydrogen (secondary N) is 2. The average Bonchev–Trinajstić information content (AvgIpc) is 2.91. The predicted octanol–water partition coefficient (Wildman–Crippen LogP) is 2.19. The van der Waals surface area contributed by atoms with Crippen LogP contribution in [0.1, 0.15) is 45.8 Å². The maximum atomic E-state index is 13.1. The number of hydrogen-bond acceptors (Lipinski definition) is 5. The van der Waals surface area contributed by atoms with Gasteiger partial charge in [0.1, 0.15) is 15.5 Å². The van der Waals surface area contributed by atoms with Gasteiger partial charge in [0, 0.05) is 47.4 Å². The standard InChI is InChI=1S/C21H26N4O4S/c1-12-9-13(2)24-20(26)17(12)10-23-21(27)18-15(4)25(14(3)11-30(5,28)29)19-16(18)7-6-8-22-19/h6-9,14H,10-11H2,1-5H3,(H,23,27)(H,24,26). The molecule has 0 radical (unpaired) electrons. The maximum absolute atomic E-state index is 13.1. The van der Waals surface area contributed by atoms with E-state index in [-0.39, 0.29) is 29.8 Å². The molecule has 1 unspecified atom stereocenters.